The summed E-state index contributed by atoms with van der Waals surface area (Å²) in [6.45, 7) is 4.60. The van der Waals surface area contributed by atoms with Gasteiger partial charge in [0.15, 0.2) is 0 Å². The van der Waals surface area contributed by atoms with Gasteiger partial charge in [-0.05, 0) is 19.8 Å². The smallest absolute Gasteiger partial charge is 0.237 e. The molecule has 2 heterocycles. The first kappa shape index (κ1) is 10.8. The number of carbonyl (C=O) groups is 1. The molecule has 1 saturated carbocycles. The van der Waals surface area contributed by atoms with Gasteiger partial charge < -0.3 is 9.88 Å². The van der Waals surface area contributed by atoms with Crippen LogP contribution in [-0.4, -0.2) is 39.0 Å². The Balaban J connectivity index is 1.63. The molecule has 0 aromatic carbocycles. The lowest BCUT2D eigenvalue weighted by molar-refractivity contribution is -0.126. The normalized spacial score (nSPS) is 21.9. The van der Waals surface area contributed by atoms with Crippen molar-refractivity contribution in [3.63, 3.8) is 0 Å². The number of amides is 1. The fourth-order valence-corrected chi connectivity index (χ4v) is 2.24. The molecule has 0 saturated heterocycles. The van der Waals surface area contributed by atoms with Crippen molar-refractivity contribution in [3.05, 3.63) is 18.2 Å². The summed E-state index contributed by atoms with van der Waals surface area (Å²) in [4.78, 5) is 18.5. The minimum atomic E-state index is -0.0546. The second-order valence-corrected chi connectivity index (χ2v) is 4.97. The lowest BCUT2D eigenvalue weighted by Crippen LogP contribution is -2.48. The van der Waals surface area contributed by atoms with Gasteiger partial charge in [0.25, 0.3) is 0 Å². The summed E-state index contributed by atoms with van der Waals surface area (Å²) >= 11 is 0. The van der Waals surface area contributed by atoms with E-state index in [0.717, 1.165) is 38.3 Å². The zero-order chi connectivity index (χ0) is 11.8. The number of hydrogen-bond donors (Lipinski definition) is 1. The zero-order valence-corrected chi connectivity index (χ0v) is 10.1. The topological polar surface area (TPSA) is 50.2 Å². The molecule has 17 heavy (non-hydrogen) atoms. The Morgan fingerprint density at radius 3 is 3.12 bits per heavy atom. The van der Waals surface area contributed by atoms with Gasteiger partial charge in [-0.2, -0.15) is 0 Å². The van der Waals surface area contributed by atoms with E-state index in [-0.39, 0.29) is 11.9 Å². The number of carbonyl (C=O) groups excluding carboxylic acids is 1. The van der Waals surface area contributed by atoms with Crippen molar-refractivity contribution in [2.45, 2.75) is 44.9 Å². The fourth-order valence-electron chi connectivity index (χ4n) is 2.24. The largest absolute Gasteiger partial charge is 0.352 e. The monoisotopic (exact) mass is 234 g/mol. The molecule has 5 heteroatoms. The second-order valence-electron chi connectivity index (χ2n) is 4.97. The first-order valence-corrected chi connectivity index (χ1v) is 6.28. The average Bonchev–Trinajstić information content (AvgIpc) is 3.02. The van der Waals surface area contributed by atoms with Gasteiger partial charge in [0.1, 0.15) is 5.82 Å². The van der Waals surface area contributed by atoms with Gasteiger partial charge in [0, 0.05) is 31.5 Å². The second kappa shape index (κ2) is 4.14. The number of hydrogen-bond acceptors (Lipinski definition) is 3. The first-order chi connectivity index (χ1) is 8.24. The van der Waals surface area contributed by atoms with Crippen molar-refractivity contribution in [2.24, 2.45) is 0 Å². The standard InChI is InChI=1S/C12H18N4O/c1-9(12(17)14-10-2-3-10)16-7-6-15-5-4-13-11(15)8-16/h4-5,9-10H,2-3,6-8H2,1H3,(H,14,17)/t9-/m0/s1. The van der Waals surface area contributed by atoms with Crippen LogP contribution >= 0.6 is 0 Å². The van der Waals surface area contributed by atoms with E-state index in [4.69, 9.17) is 0 Å². The van der Waals surface area contributed by atoms with E-state index in [0.29, 0.717) is 6.04 Å². The molecule has 1 N–H and O–H groups in total. The highest BCUT2D eigenvalue weighted by molar-refractivity contribution is 5.81. The van der Waals surface area contributed by atoms with Crippen molar-refractivity contribution >= 4 is 5.91 Å². The molecule has 5 nitrogen and oxygen atoms in total. The van der Waals surface area contributed by atoms with Crippen molar-refractivity contribution in [1.82, 2.24) is 19.8 Å². The van der Waals surface area contributed by atoms with Gasteiger partial charge in [-0.3, -0.25) is 9.69 Å². The highest BCUT2D eigenvalue weighted by atomic mass is 16.2. The van der Waals surface area contributed by atoms with Gasteiger partial charge in [0.2, 0.25) is 5.91 Å². The predicted octanol–water partition coefficient (Wildman–Crippen LogP) is 0.366. The maximum atomic E-state index is 12.0. The van der Waals surface area contributed by atoms with Crippen LogP contribution in [0.1, 0.15) is 25.6 Å². The molecule has 1 aliphatic heterocycles. The predicted molar refractivity (Wildman–Crippen MR) is 63.3 cm³/mol. The van der Waals surface area contributed by atoms with Gasteiger partial charge in [-0.25, -0.2) is 4.98 Å². The summed E-state index contributed by atoms with van der Waals surface area (Å²) in [5.74, 6) is 1.22. The molecule has 3 rings (SSSR count). The van der Waals surface area contributed by atoms with E-state index in [9.17, 15) is 4.79 Å². The van der Waals surface area contributed by atoms with Gasteiger partial charge in [-0.15, -0.1) is 0 Å². The molecule has 0 radical (unpaired) electrons. The number of aromatic nitrogens is 2. The quantitative estimate of drug-likeness (QED) is 0.822. The number of fused-ring (bicyclic) bond motifs is 1. The summed E-state index contributed by atoms with van der Waals surface area (Å²) in [5.41, 5.74) is 0. The van der Waals surface area contributed by atoms with Crippen LogP contribution in [0, 0.1) is 0 Å². The van der Waals surface area contributed by atoms with Crippen molar-refractivity contribution in [1.29, 1.82) is 0 Å². The van der Waals surface area contributed by atoms with Gasteiger partial charge >= 0.3 is 0 Å². The number of nitrogens with zero attached hydrogens (tertiary/aromatic N) is 3. The summed E-state index contributed by atoms with van der Waals surface area (Å²) < 4.78 is 2.15. The van der Waals surface area contributed by atoms with E-state index in [1.807, 2.05) is 19.3 Å². The van der Waals surface area contributed by atoms with E-state index in [2.05, 4.69) is 19.8 Å². The Bertz CT molecular complexity index is 424. The molecule has 1 aromatic heterocycles. The Hall–Kier alpha value is -1.36. The Morgan fingerprint density at radius 2 is 2.35 bits per heavy atom. The molecule has 1 amide bonds. The van der Waals surface area contributed by atoms with Crippen LogP contribution in [0.15, 0.2) is 12.4 Å². The maximum Gasteiger partial charge on any atom is 0.237 e. The minimum Gasteiger partial charge on any atom is -0.352 e. The molecular formula is C12H18N4O. The number of rotatable bonds is 3. The molecule has 0 bridgehead atoms. The molecule has 0 spiro atoms. The van der Waals surface area contributed by atoms with Crippen LogP contribution in [0.5, 0.6) is 0 Å². The van der Waals surface area contributed by atoms with Crippen LogP contribution in [0.4, 0.5) is 0 Å². The third kappa shape index (κ3) is 2.20. The molecule has 1 fully saturated rings. The molecule has 92 valence electrons. The average molecular weight is 234 g/mol. The summed E-state index contributed by atoms with van der Waals surface area (Å²) in [6, 6.07) is 0.387. The van der Waals surface area contributed by atoms with Gasteiger partial charge in [0.05, 0.1) is 12.6 Å². The Kier molecular flexibility index (Phi) is 2.63. The SMILES string of the molecule is C[C@@H](C(=O)NC1CC1)N1CCn2ccnc2C1. The van der Waals surface area contributed by atoms with Crippen LogP contribution in [0.25, 0.3) is 0 Å². The van der Waals surface area contributed by atoms with E-state index in [1.165, 1.54) is 0 Å². The zero-order valence-electron chi connectivity index (χ0n) is 10.1. The first-order valence-electron chi connectivity index (χ1n) is 6.28. The number of imidazole rings is 1. The molecule has 0 unspecified atom stereocenters. The van der Waals surface area contributed by atoms with E-state index < -0.39 is 0 Å². The molecular weight excluding hydrogens is 216 g/mol. The van der Waals surface area contributed by atoms with Gasteiger partial charge in [-0.1, -0.05) is 0 Å². The van der Waals surface area contributed by atoms with Crippen LogP contribution < -0.4 is 5.32 Å². The minimum absolute atomic E-state index is 0.0546. The van der Waals surface area contributed by atoms with Crippen LogP contribution in [0.2, 0.25) is 0 Å². The molecule has 2 aliphatic rings. The van der Waals surface area contributed by atoms with E-state index in [1.54, 1.807) is 0 Å². The van der Waals surface area contributed by atoms with Crippen molar-refractivity contribution < 1.29 is 4.79 Å². The fraction of sp³-hybridized carbons (Fsp3) is 0.667. The maximum absolute atomic E-state index is 12.0. The van der Waals surface area contributed by atoms with Crippen molar-refractivity contribution in [3.8, 4) is 0 Å². The highest BCUT2D eigenvalue weighted by Gasteiger charge is 2.30. The Labute approximate surface area is 101 Å². The van der Waals surface area contributed by atoms with Crippen LogP contribution in [0.3, 0.4) is 0 Å². The van der Waals surface area contributed by atoms with E-state index >= 15 is 0 Å². The molecule has 1 aliphatic carbocycles. The summed E-state index contributed by atoms with van der Waals surface area (Å²) in [6.07, 6.45) is 6.11. The number of nitrogens with one attached hydrogen (secondary N) is 1. The molecule has 1 atom stereocenters. The highest BCUT2D eigenvalue weighted by Crippen LogP contribution is 2.20. The lowest BCUT2D eigenvalue weighted by atomic mass is 10.2. The Morgan fingerprint density at radius 1 is 1.53 bits per heavy atom. The third-order valence-electron chi connectivity index (χ3n) is 3.63. The van der Waals surface area contributed by atoms with Crippen LogP contribution in [-0.2, 0) is 17.9 Å². The summed E-state index contributed by atoms with van der Waals surface area (Å²) in [5, 5.41) is 3.06. The lowest BCUT2D eigenvalue weighted by Gasteiger charge is -2.31. The molecule has 1 aromatic rings. The van der Waals surface area contributed by atoms with Crippen molar-refractivity contribution in [2.75, 3.05) is 6.54 Å². The summed E-state index contributed by atoms with van der Waals surface area (Å²) in [7, 11) is 0. The third-order valence-corrected chi connectivity index (χ3v) is 3.63.